The zero-order valence-corrected chi connectivity index (χ0v) is 17.1. The number of halogens is 1. The van der Waals surface area contributed by atoms with Gasteiger partial charge in [0.1, 0.15) is 4.34 Å². The van der Waals surface area contributed by atoms with Crippen molar-refractivity contribution >= 4 is 53.0 Å². The van der Waals surface area contributed by atoms with Gasteiger partial charge in [0.2, 0.25) is 0 Å². The molecule has 0 bridgehead atoms. The highest BCUT2D eigenvalue weighted by Crippen LogP contribution is 2.23. The van der Waals surface area contributed by atoms with Crippen LogP contribution in [0.5, 0.6) is 0 Å². The number of aliphatic imine (C=N–C) groups is 1. The van der Waals surface area contributed by atoms with E-state index in [1.54, 1.807) is 30.1 Å². The van der Waals surface area contributed by atoms with E-state index in [1.807, 2.05) is 11.6 Å². The summed E-state index contributed by atoms with van der Waals surface area (Å²) in [5, 5.41) is 8.71. The van der Waals surface area contributed by atoms with E-state index in [-0.39, 0.29) is 29.6 Å². The highest BCUT2D eigenvalue weighted by atomic mass is 127. The van der Waals surface area contributed by atoms with Crippen molar-refractivity contribution in [2.24, 2.45) is 4.99 Å². The van der Waals surface area contributed by atoms with E-state index in [4.69, 9.17) is 4.74 Å². The molecule has 0 amide bonds. The van der Waals surface area contributed by atoms with Gasteiger partial charge in [-0.2, -0.15) is 0 Å². The van der Waals surface area contributed by atoms with Crippen LogP contribution < -0.4 is 10.6 Å². The largest absolute Gasteiger partial charge is 0.373 e. The predicted molar refractivity (Wildman–Crippen MR) is 106 cm³/mol. The molecule has 1 fully saturated rings. The van der Waals surface area contributed by atoms with E-state index >= 15 is 0 Å². The van der Waals surface area contributed by atoms with Crippen molar-refractivity contribution in [3.8, 4) is 0 Å². The summed E-state index contributed by atoms with van der Waals surface area (Å²) in [6.07, 6.45) is 5.20. The number of rotatable bonds is 7. The zero-order valence-electron chi connectivity index (χ0n) is 13.1. The van der Waals surface area contributed by atoms with Gasteiger partial charge in [0.25, 0.3) is 0 Å². The summed E-state index contributed by atoms with van der Waals surface area (Å²) >= 11 is 3.50. The quantitative estimate of drug-likeness (QED) is 0.217. The summed E-state index contributed by atoms with van der Waals surface area (Å²) in [4.78, 5) is 8.51. The fraction of sp³-hybridized carbons (Fsp3) is 0.714. The molecule has 1 aliphatic rings. The van der Waals surface area contributed by atoms with Crippen molar-refractivity contribution in [3.05, 3.63) is 11.6 Å². The molecule has 0 aromatic carbocycles. The van der Waals surface area contributed by atoms with Crippen LogP contribution >= 0.6 is 47.1 Å². The summed E-state index contributed by atoms with van der Waals surface area (Å²) < 4.78 is 6.91. The van der Waals surface area contributed by atoms with Crippen LogP contribution in [-0.2, 0) is 4.74 Å². The number of hydrogen-bond donors (Lipinski definition) is 2. The number of thioether (sulfide) groups is 1. The van der Waals surface area contributed by atoms with E-state index in [1.165, 1.54) is 0 Å². The first-order chi connectivity index (χ1) is 10.2. The van der Waals surface area contributed by atoms with E-state index in [2.05, 4.69) is 27.5 Å². The Balaban J connectivity index is 0.00000242. The summed E-state index contributed by atoms with van der Waals surface area (Å²) in [5.41, 5.74) is -0.0433. The number of nitrogens with one attached hydrogen (secondary N) is 2. The number of thiazole rings is 1. The fourth-order valence-electron chi connectivity index (χ4n) is 2.19. The highest BCUT2D eigenvalue weighted by Gasteiger charge is 2.29. The van der Waals surface area contributed by atoms with Crippen LogP contribution in [0.2, 0.25) is 0 Å². The Labute approximate surface area is 158 Å². The van der Waals surface area contributed by atoms with Crippen LogP contribution in [0.4, 0.5) is 0 Å². The molecule has 0 radical (unpaired) electrons. The summed E-state index contributed by atoms with van der Waals surface area (Å²) in [7, 11) is 1.80. The molecule has 1 unspecified atom stereocenters. The van der Waals surface area contributed by atoms with Gasteiger partial charge >= 0.3 is 0 Å². The molecular formula is C14H25IN4OS2. The molecule has 0 saturated carbocycles. The lowest BCUT2D eigenvalue weighted by Gasteiger charge is -2.24. The molecule has 1 saturated heterocycles. The Morgan fingerprint density at radius 3 is 3.05 bits per heavy atom. The average molecular weight is 456 g/mol. The molecule has 0 spiro atoms. The molecule has 8 heteroatoms. The first kappa shape index (κ1) is 20.0. The first-order valence-electron chi connectivity index (χ1n) is 7.33. The summed E-state index contributed by atoms with van der Waals surface area (Å²) in [6.45, 7) is 4.75. The van der Waals surface area contributed by atoms with Crippen molar-refractivity contribution < 1.29 is 4.74 Å². The Morgan fingerprint density at radius 2 is 2.41 bits per heavy atom. The third-order valence-electron chi connectivity index (χ3n) is 3.40. The van der Waals surface area contributed by atoms with Crippen molar-refractivity contribution in [2.75, 3.05) is 32.5 Å². The Bertz CT molecular complexity index is 436. The van der Waals surface area contributed by atoms with Crippen LogP contribution in [0.15, 0.2) is 20.9 Å². The van der Waals surface area contributed by atoms with Gasteiger partial charge in [-0.1, -0.05) is 11.8 Å². The third-order valence-corrected chi connectivity index (χ3v) is 5.45. The van der Waals surface area contributed by atoms with Crippen LogP contribution in [-0.4, -0.2) is 49.0 Å². The SMILES string of the molecule is CN=C(NCCCSc1nccs1)NCC1(C)CCCO1.I. The second kappa shape index (κ2) is 10.7. The number of ether oxygens (including phenoxy) is 1. The molecule has 2 heterocycles. The van der Waals surface area contributed by atoms with Gasteiger partial charge in [-0.3, -0.25) is 4.99 Å². The second-order valence-corrected chi connectivity index (χ2v) is 7.49. The van der Waals surface area contributed by atoms with Gasteiger partial charge in [-0.15, -0.1) is 35.3 Å². The molecule has 2 rings (SSSR count). The van der Waals surface area contributed by atoms with Gasteiger partial charge in [0.15, 0.2) is 5.96 Å². The van der Waals surface area contributed by atoms with Crippen LogP contribution in [0.1, 0.15) is 26.2 Å². The minimum Gasteiger partial charge on any atom is -0.373 e. The van der Waals surface area contributed by atoms with Gasteiger partial charge in [-0.05, 0) is 26.2 Å². The Morgan fingerprint density at radius 1 is 1.55 bits per heavy atom. The number of nitrogens with zero attached hydrogens (tertiary/aromatic N) is 2. The van der Waals surface area contributed by atoms with E-state index in [9.17, 15) is 0 Å². The third kappa shape index (κ3) is 7.01. The average Bonchev–Trinajstić information content (AvgIpc) is 3.14. The van der Waals surface area contributed by atoms with Crippen molar-refractivity contribution in [1.29, 1.82) is 0 Å². The molecule has 1 atom stereocenters. The molecule has 1 aliphatic heterocycles. The minimum absolute atomic E-state index is 0. The summed E-state index contributed by atoms with van der Waals surface area (Å²) in [5.74, 6) is 1.92. The lowest BCUT2D eigenvalue weighted by molar-refractivity contribution is 0.0243. The number of hydrogen-bond acceptors (Lipinski definition) is 5. The number of aromatic nitrogens is 1. The Hall–Kier alpha value is -0.0600. The Kier molecular flexibility index (Phi) is 9.69. The maximum absolute atomic E-state index is 5.77. The van der Waals surface area contributed by atoms with Crippen LogP contribution in [0.3, 0.4) is 0 Å². The van der Waals surface area contributed by atoms with Crippen molar-refractivity contribution in [1.82, 2.24) is 15.6 Å². The maximum atomic E-state index is 5.77. The van der Waals surface area contributed by atoms with E-state index < -0.39 is 0 Å². The molecule has 5 nitrogen and oxygen atoms in total. The summed E-state index contributed by atoms with van der Waals surface area (Å²) in [6, 6.07) is 0. The van der Waals surface area contributed by atoms with E-state index in [0.717, 1.165) is 55.0 Å². The molecule has 1 aromatic rings. The van der Waals surface area contributed by atoms with Crippen molar-refractivity contribution in [3.63, 3.8) is 0 Å². The second-order valence-electron chi connectivity index (χ2n) is 5.25. The normalized spacial score (nSPS) is 21.5. The van der Waals surface area contributed by atoms with Crippen LogP contribution in [0.25, 0.3) is 0 Å². The van der Waals surface area contributed by atoms with Gasteiger partial charge in [0, 0.05) is 44.1 Å². The smallest absolute Gasteiger partial charge is 0.191 e. The first-order valence-corrected chi connectivity index (χ1v) is 9.19. The molecule has 22 heavy (non-hydrogen) atoms. The van der Waals surface area contributed by atoms with Crippen molar-refractivity contribution in [2.45, 2.75) is 36.1 Å². The standard InChI is InChI=1S/C14H24N4OS2.HI/c1-14(5-3-8-19-14)11-18-12(15-2)16-6-4-9-20-13-17-7-10-21-13;/h7,10H,3-6,8-9,11H2,1-2H3,(H2,15,16,18);1H. The minimum atomic E-state index is -0.0433. The van der Waals surface area contributed by atoms with Gasteiger partial charge in [-0.25, -0.2) is 4.98 Å². The predicted octanol–water partition coefficient (Wildman–Crippen LogP) is 2.98. The highest BCUT2D eigenvalue weighted by molar-refractivity contribution is 14.0. The monoisotopic (exact) mass is 456 g/mol. The lowest BCUT2D eigenvalue weighted by Crippen LogP contribution is -2.45. The van der Waals surface area contributed by atoms with Crippen LogP contribution in [0, 0.1) is 0 Å². The fourth-order valence-corrected chi connectivity index (χ4v) is 3.84. The zero-order chi connectivity index (χ0) is 15.0. The number of guanidine groups is 1. The van der Waals surface area contributed by atoms with Gasteiger partial charge in [0.05, 0.1) is 5.60 Å². The van der Waals surface area contributed by atoms with E-state index in [0.29, 0.717) is 0 Å². The molecule has 126 valence electrons. The topological polar surface area (TPSA) is 58.5 Å². The molecular weight excluding hydrogens is 431 g/mol. The molecule has 0 aliphatic carbocycles. The lowest BCUT2D eigenvalue weighted by atomic mass is 10.0. The van der Waals surface area contributed by atoms with Gasteiger partial charge < -0.3 is 15.4 Å². The maximum Gasteiger partial charge on any atom is 0.191 e. The molecule has 2 N–H and O–H groups in total. The molecule has 1 aromatic heterocycles.